The quantitative estimate of drug-likeness (QED) is 0.869. The maximum atomic E-state index is 12.5. The lowest BCUT2D eigenvalue weighted by atomic mass is 10.0. The van der Waals surface area contributed by atoms with Gasteiger partial charge in [0, 0.05) is 12.7 Å². The highest BCUT2D eigenvalue weighted by Gasteiger charge is 2.16. The van der Waals surface area contributed by atoms with Gasteiger partial charge in [-0.05, 0) is 30.7 Å². The average Bonchev–Trinajstić information content (AvgIpc) is 2.54. The third-order valence-electron chi connectivity index (χ3n) is 3.44. The average molecular weight is 303 g/mol. The molecule has 0 saturated heterocycles. The summed E-state index contributed by atoms with van der Waals surface area (Å²) in [5.74, 6) is 0.749. The first-order chi connectivity index (χ1) is 10.6. The Morgan fingerprint density at radius 2 is 1.95 bits per heavy atom. The van der Waals surface area contributed by atoms with E-state index in [4.69, 9.17) is 15.2 Å². The lowest BCUT2D eigenvalue weighted by Crippen LogP contribution is -2.32. The van der Waals surface area contributed by atoms with Gasteiger partial charge in [0.15, 0.2) is 0 Å². The molecule has 1 atom stereocenters. The van der Waals surface area contributed by atoms with Crippen molar-refractivity contribution in [3.8, 4) is 5.75 Å². The summed E-state index contributed by atoms with van der Waals surface area (Å²) in [4.78, 5) is 12.5. The minimum atomic E-state index is -0.506. The first kappa shape index (κ1) is 16.2. The normalized spacial score (nSPS) is 12.2. The molecule has 0 amide bonds. The molecule has 0 aliphatic carbocycles. The summed E-state index contributed by atoms with van der Waals surface area (Å²) >= 11 is 0. The van der Waals surface area contributed by atoms with E-state index < -0.39 is 6.04 Å². The van der Waals surface area contributed by atoms with Gasteiger partial charge in [-0.3, -0.25) is 4.79 Å². The van der Waals surface area contributed by atoms with Gasteiger partial charge in [0.2, 0.25) is 0 Å². The largest absolute Gasteiger partial charge is 0.497 e. The number of aryl methyl sites for hydroxylation is 1. The highest BCUT2D eigenvalue weighted by molar-refractivity contribution is 5.34. The second-order valence-electron chi connectivity index (χ2n) is 5.01. The third-order valence-corrected chi connectivity index (χ3v) is 3.44. The van der Waals surface area contributed by atoms with Crippen molar-refractivity contribution in [2.24, 2.45) is 5.73 Å². The van der Waals surface area contributed by atoms with Crippen molar-refractivity contribution in [1.29, 1.82) is 0 Å². The van der Waals surface area contributed by atoms with Crippen LogP contribution in [0.3, 0.4) is 0 Å². The van der Waals surface area contributed by atoms with Crippen molar-refractivity contribution in [1.82, 2.24) is 9.78 Å². The zero-order valence-corrected chi connectivity index (χ0v) is 13.1. The van der Waals surface area contributed by atoms with E-state index >= 15 is 0 Å². The molecule has 22 heavy (non-hydrogen) atoms. The van der Waals surface area contributed by atoms with E-state index in [1.807, 2.05) is 31.2 Å². The van der Waals surface area contributed by atoms with E-state index in [9.17, 15) is 4.79 Å². The second kappa shape index (κ2) is 7.20. The second-order valence-corrected chi connectivity index (χ2v) is 5.01. The summed E-state index contributed by atoms with van der Waals surface area (Å²) in [5.41, 5.74) is 8.19. The van der Waals surface area contributed by atoms with E-state index in [1.54, 1.807) is 20.3 Å². The molecule has 6 nitrogen and oxygen atoms in total. The number of hydrogen-bond donors (Lipinski definition) is 1. The van der Waals surface area contributed by atoms with Gasteiger partial charge >= 0.3 is 0 Å². The fourth-order valence-electron chi connectivity index (χ4n) is 2.24. The van der Waals surface area contributed by atoms with Crippen molar-refractivity contribution in [2.75, 3.05) is 20.8 Å². The Balaban J connectivity index is 2.37. The van der Waals surface area contributed by atoms with Crippen molar-refractivity contribution in [2.45, 2.75) is 19.5 Å². The molecule has 1 aromatic carbocycles. The molecule has 2 N–H and O–H groups in total. The van der Waals surface area contributed by atoms with Crippen LogP contribution in [0.15, 0.2) is 35.1 Å². The molecule has 2 rings (SSSR count). The minimum Gasteiger partial charge on any atom is -0.497 e. The van der Waals surface area contributed by atoms with Crippen molar-refractivity contribution in [3.05, 3.63) is 57.5 Å². The number of nitrogens with two attached hydrogens (primary N) is 1. The van der Waals surface area contributed by atoms with Crippen LogP contribution in [0.4, 0.5) is 0 Å². The van der Waals surface area contributed by atoms with Gasteiger partial charge < -0.3 is 15.2 Å². The Bertz CT molecular complexity index is 680. The van der Waals surface area contributed by atoms with E-state index in [-0.39, 0.29) is 5.56 Å². The molecule has 0 radical (unpaired) electrons. The van der Waals surface area contributed by atoms with Crippen LogP contribution >= 0.6 is 0 Å². The van der Waals surface area contributed by atoms with Gasteiger partial charge in [0.25, 0.3) is 5.56 Å². The van der Waals surface area contributed by atoms with Crippen molar-refractivity contribution < 1.29 is 9.47 Å². The Kier molecular flexibility index (Phi) is 5.30. The maximum Gasteiger partial charge on any atom is 0.271 e. The van der Waals surface area contributed by atoms with Crippen molar-refractivity contribution >= 4 is 0 Å². The first-order valence-electron chi connectivity index (χ1n) is 7.04. The third kappa shape index (κ3) is 3.52. The maximum absolute atomic E-state index is 12.5. The number of benzene rings is 1. The zero-order chi connectivity index (χ0) is 16.1. The predicted octanol–water partition coefficient (Wildman–Crippen LogP) is 1.25. The monoisotopic (exact) mass is 303 g/mol. The molecule has 118 valence electrons. The minimum absolute atomic E-state index is 0.189. The topological polar surface area (TPSA) is 79.4 Å². The molecule has 0 bridgehead atoms. The fraction of sp³-hybridized carbons (Fsp3) is 0.375. The van der Waals surface area contributed by atoms with Crippen LogP contribution < -0.4 is 16.0 Å². The Hall–Kier alpha value is -2.18. The summed E-state index contributed by atoms with van der Waals surface area (Å²) in [5, 5.41) is 4.22. The molecule has 1 unspecified atom stereocenters. The molecule has 0 saturated carbocycles. The Morgan fingerprint density at radius 1 is 1.27 bits per heavy atom. The van der Waals surface area contributed by atoms with Crippen LogP contribution in [-0.4, -0.2) is 30.6 Å². The highest BCUT2D eigenvalue weighted by Crippen LogP contribution is 2.20. The van der Waals surface area contributed by atoms with Crippen LogP contribution in [0.25, 0.3) is 0 Å². The molecular weight excluding hydrogens is 282 g/mol. The lowest BCUT2D eigenvalue weighted by Gasteiger charge is -2.15. The van der Waals surface area contributed by atoms with Crippen LogP contribution in [0, 0.1) is 6.92 Å². The van der Waals surface area contributed by atoms with Crippen LogP contribution in [-0.2, 0) is 11.3 Å². The van der Waals surface area contributed by atoms with Crippen LogP contribution in [0.1, 0.15) is 22.9 Å². The van der Waals surface area contributed by atoms with Gasteiger partial charge in [-0.2, -0.15) is 5.10 Å². The van der Waals surface area contributed by atoms with Crippen molar-refractivity contribution in [3.63, 3.8) is 0 Å². The van der Waals surface area contributed by atoms with E-state index in [0.29, 0.717) is 18.7 Å². The highest BCUT2D eigenvalue weighted by atomic mass is 16.5. The molecule has 1 aromatic heterocycles. The number of aromatic nitrogens is 2. The summed E-state index contributed by atoms with van der Waals surface area (Å²) in [7, 11) is 3.19. The molecular formula is C16H21N3O3. The number of hydrogen-bond acceptors (Lipinski definition) is 5. The van der Waals surface area contributed by atoms with E-state index in [0.717, 1.165) is 17.0 Å². The Labute approximate surface area is 129 Å². The first-order valence-corrected chi connectivity index (χ1v) is 7.04. The van der Waals surface area contributed by atoms with Gasteiger partial charge in [0.05, 0.1) is 32.0 Å². The zero-order valence-electron chi connectivity index (χ0n) is 13.1. The van der Waals surface area contributed by atoms with Gasteiger partial charge in [-0.25, -0.2) is 4.68 Å². The number of ether oxygens (including phenoxy) is 2. The molecule has 6 heteroatoms. The predicted molar refractivity (Wildman–Crippen MR) is 84.1 cm³/mol. The van der Waals surface area contributed by atoms with Gasteiger partial charge in [0.1, 0.15) is 5.75 Å². The van der Waals surface area contributed by atoms with Gasteiger partial charge in [-0.15, -0.1) is 0 Å². The molecule has 0 fully saturated rings. The van der Waals surface area contributed by atoms with E-state index in [1.165, 1.54) is 4.68 Å². The molecule has 2 aromatic rings. The Morgan fingerprint density at radius 3 is 2.55 bits per heavy atom. The van der Waals surface area contributed by atoms with Gasteiger partial charge in [-0.1, -0.05) is 12.1 Å². The molecule has 1 heterocycles. The fourth-order valence-corrected chi connectivity index (χ4v) is 2.24. The number of nitrogens with zero attached hydrogens (tertiary/aromatic N) is 2. The standard InChI is InChI=1S/C16H21N3O3/c1-11-10-14(16(20)19(18-11)8-9-21-2)15(17)12-4-6-13(22-3)7-5-12/h4-7,10,15H,8-9,17H2,1-3H3. The molecule has 0 spiro atoms. The summed E-state index contributed by atoms with van der Waals surface area (Å²) in [6.07, 6.45) is 0. The smallest absolute Gasteiger partial charge is 0.271 e. The number of rotatable bonds is 6. The van der Waals surface area contributed by atoms with Crippen LogP contribution in [0.5, 0.6) is 5.75 Å². The molecule has 0 aliphatic rings. The SMILES string of the molecule is COCCn1nc(C)cc(C(N)c2ccc(OC)cc2)c1=O. The summed E-state index contributed by atoms with van der Waals surface area (Å²) in [6.45, 7) is 2.67. The van der Waals surface area contributed by atoms with Crippen LogP contribution in [0.2, 0.25) is 0 Å². The summed E-state index contributed by atoms with van der Waals surface area (Å²) < 4.78 is 11.5. The molecule has 0 aliphatic heterocycles. The van der Waals surface area contributed by atoms with E-state index in [2.05, 4.69) is 5.10 Å². The lowest BCUT2D eigenvalue weighted by molar-refractivity contribution is 0.181. The number of methoxy groups -OCH3 is 2. The summed E-state index contributed by atoms with van der Waals surface area (Å²) in [6, 6.07) is 8.60.